The lowest BCUT2D eigenvalue weighted by Crippen LogP contribution is -2.34. The molecule has 1 saturated heterocycles. The van der Waals surface area contributed by atoms with E-state index in [1.165, 1.54) is 51.0 Å². The van der Waals surface area contributed by atoms with E-state index in [2.05, 4.69) is 35.9 Å². The van der Waals surface area contributed by atoms with Gasteiger partial charge in [0.05, 0.1) is 0 Å². The van der Waals surface area contributed by atoms with E-state index in [-0.39, 0.29) is 0 Å². The summed E-state index contributed by atoms with van der Waals surface area (Å²) in [5.41, 5.74) is 1.29. The second-order valence-electron chi connectivity index (χ2n) is 5.91. The number of hydrogen-bond donors (Lipinski definition) is 0. The number of likely N-dealkylation sites (tertiary alicyclic amines) is 1. The van der Waals surface area contributed by atoms with Crippen molar-refractivity contribution in [3.8, 4) is 0 Å². The van der Waals surface area contributed by atoms with E-state index < -0.39 is 0 Å². The molecule has 1 aromatic heterocycles. The van der Waals surface area contributed by atoms with Gasteiger partial charge in [0, 0.05) is 17.8 Å². The molecule has 0 bridgehead atoms. The van der Waals surface area contributed by atoms with Crippen molar-refractivity contribution in [2.45, 2.75) is 45.4 Å². The summed E-state index contributed by atoms with van der Waals surface area (Å²) in [7, 11) is 0. The standard InChI is InChI=1S/C16H26N2/c1-14(2)6-5-11-18-12-8-15(9-13-18)16-7-3-4-10-17-16/h3-4,7,10,14-15H,5-6,8-9,11-13H2,1-2H3. The van der Waals surface area contributed by atoms with Crippen LogP contribution in [-0.4, -0.2) is 29.5 Å². The third-order valence-electron chi connectivity index (χ3n) is 3.95. The molecule has 0 saturated carbocycles. The summed E-state index contributed by atoms with van der Waals surface area (Å²) in [5.74, 6) is 1.53. The number of pyridine rings is 1. The SMILES string of the molecule is CC(C)CCCN1CCC(c2ccccn2)CC1. The Morgan fingerprint density at radius 2 is 2.06 bits per heavy atom. The van der Waals surface area contributed by atoms with Gasteiger partial charge in [0.15, 0.2) is 0 Å². The monoisotopic (exact) mass is 246 g/mol. The van der Waals surface area contributed by atoms with Gasteiger partial charge in [0.1, 0.15) is 0 Å². The number of hydrogen-bond acceptors (Lipinski definition) is 2. The number of aromatic nitrogens is 1. The molecule has 2 heteroatoms. The van der Waals surface area contributed by atoms with E-state index in [1.807, 2.05) is 12.3 Å². The van der Waals surface area contributed by atoms with Gasteiger partial charge in [-0.25, -0.2) is 0 Å². The molecule has 0 radical (unpaired) electrons. The Hall–Kier alpha value is -0.890. The maximum atomic E-state index is 4.49. The second-order valence-corrected chi connectivity index (χ2v) is 5.91. The largest absolute Gasteiger partial charge is 0.303 e. The fourth-order valence-electron chi connectivity index (χ4n) is 2.79. The van der Waals surface area contributed by atoms with Crippen molar-refractivity contribution in [2.24, 2.45) is 5.92 Å². The molecule has 1 aromatic rings. The Morgan fingerprint density at radius 1 is 1.28 bits per heavy atom. The molecule has 0 unspecified atom stereocenters. The highest BCUT2D eigenvalue weighted by Crippen LogP contribution is 2.26. The minimum Gasteiger partial charge on any atom is -0.303 e. The van der Waals surface area contributed by atoms with E-state index in [0.717, 1.165) is 5.92 Å². The number of rotatable bonds is 5. The highest BCUT2D eigenvalue weighted by atomic mass is 15.1. The van der Waals surface area contributed by atoms with Crippen molar-refractivity contribution in [3.05, 3.63) is 30.1 Å². The molecule has 1 aliphatic rings. The first-order valence-electron chi connectivity index (χ1n) is 7.39. The zero-order chi connectivity index (χ0) is 12.8. The summed E-state index contributed by atoms with van der Waals surface area (Å²) < 4.78 is 0. The average Bonchev–Trinajstić information content (AvgIpc) is 2.40. The fourth-order valence-corrected chi connectivity index (χ4v) is 2.79. The maximum Gasteiger partial charge on any atom is 0.0435 e. The minimum absolute atomic E-state index is 0.688. The van der Waals surface area contributed by atoms with Crippen LogP contribution in [0.1, 0.15) is 51.1 Å². The second kappa shape index (κ2) is 6.89. The summed E-state index contributed by atoms with van der Waals surface area (Å²) in [6.45, 7) is 8.41. The zero-order valence-electron chi connectivity index (χ0n) is 11.8. The Kier molecular flexibility index (Phi) is 5.18. The first-order chi connectivity index (χ1) is 8.75. The topological polar surface area (TPSA) is 16.1 Å². The van der Waals surface area contributed by atoms with Gasteiger partial charge in [0.2, 0.25) is 0 Å². The summed E-state index contributed by atoms with van der Waals surface area (Å²) in [5, 5.41) is 0. The predicted octanol–water partition coefficient (Wildman–Crippen LogP) is 3.70. The summed E-state index contributed by atoms with van der Waals surface area (Å²) >= 11 is 0. The Morgan fingerprint density at radius 3 is 2.67 bits per heavy atom. The molecule has 0 aromatic carbocycles. The molecule has 100 valence electrons. The lowest BCUT2D eigenvalue weighted by molar-refractivity contribution is 0.205. The van der Waals surface area contributed by atoms with E-state index in [1.54, 1.807) is 0 Å². The highest BCUT2D eigenvalue weighted by Gasteiger charge is 2.20. The third kappa shape index (κ3) is 4.09. The summed E-state index contributed by atoms with van der Waals surface area (Å²) in [4.78, 5) is 7.12. The van der Waals surface area contributed by atoms with E-state index in [4.69, 9.17) is 0 Å². The fraction of sp³-hybridized carbons (Fsp3) is 0.688. The molecular weight excluding hydrogens is 220 g/mol. The normalized spacial score (nSPS) is 18.4. The molecule has 2 heterocycles. The van der Waals surface area contributed by atoms with Crippen LogP contribution in [0.4, 0.5) is 0 Å². The molecule has 0 amide bonds. The van der Waals surface area contributed by atoms with Crippen LogP contribution in [0.25, 0.3) is 0 Å². The molecule has 18 heavy (non-hydrogen) atoms. The van der Waals surface area contributed by atoms with Gasteiger partial charge in [-0.05, 0) is 63.4 Å². The van der Waals surface area contributed by atoms with E-state index >= 15 is 0 Å². The molecule has 0 atom stereocenters. The Bertz CT molecular complexity index is 326. The maximum absolute atomic E-state index is 4.49. The predicted molar refractivity (Wildman–Crippen MR) is 76.7 cm³/mol. The smallest absolute Gasteiger partial charge is 0.0435 e. The lowest BCUT2D eigenvalue weighted by Gasteiger charge is -2.31. The molecular formula is C16H26N2. The van der Waals surface area contributed by atoms with Gasteiger partial charge in [-0.1, -0.05) is 19.9 Å². The molecule has 2 rings (SSSR count). The van der Waals surface area contributed by atoms with Crippen molar-refractivity contribution in [3.63, 3.8) is 0 Å². The van der Waals surface area contributed by atoms with Crippen LogP contribution < -0.4 is 0 Å². The van der Waals surface area contributed by atoms with E-state index in [9.17, 15) is 0 Å². The lowest BCUT2D eigenvalue weighted by atomic mass is 9.93. The van der Waals surface area contributed by atoms with Crippen molar-refractivity contribution >= 4 is 0 Å². The first-order valence-corrected chi connectivity index (χ1v) is 7.39. The molecule has 1 aliphatic heterocycles. The van der Waals surface area contributed by atoms with Gasteiger partial charge in [0.25, 0.3) is 0 Å². The molecule has 2 nitrogen and oxygen atoms in total. The van der Waals surface area contributed by atoms with Crippen molar-refractivity contribution in [1.29, 1.82) is 0 Å². The number of piperidine rings is 1. The van der Waals surface area contributed by atoms with Crippen molar-refractivity contribution in [2.75, 3.05) is 19.6 Å². The van der Waals surface area contributed by atoms with Crippen molar-refractivity contribution in [1.82, 2.24) is 9.88 Å². The molecule has 0 spiro atoms. The van der Waals surface area contributed by atoms with Crippen LogP contribution in [0.15, 0.2) is 24.4 Å². The zero-order valence-corrected chi connectivity index (χ0v) is 11.8. The van der Waals surface area contributed by atoms with Crippen LogP contribution >= 0.6 is 0 Å². The number of nitrogens with zero attached hydrogens (tertiary/aromatic N) is 2. The summed E-state index contributed by atoms with van der Waals surface area (Å²) in [6, 6.07) is 6.29. The van der Waals surface area contributed by atoms with Crippen LogP contribution in [0.5, 0.6) is 0 Å². The van der Waals surface area contributed by atoms with Crippen LogP contribution in [0.2, 0.25) is 0 Å². The van der Waals surface area contributed by atoms with Gasteiger partial charge < -0.3 is 4.90 Å². The van der Waals surface area contributed by atoms with Gasteiger partial charge in [-0.3, -0.25) is 4.98 Å². The quantitative estimate of drug-likeness (QED) is 0.787. The Balaban J connectivity index is 1.71. The van der Waals surface area contributed by atoms with Crippen LogP contribution in [0, 0.1) is 5.92 Å². The van der Waals surface area contributed by atoms with Crippen LogP contribution in [0.3, 0.4) is 0 Å². The average molecular weight is 246 g/mol. The van der Waals surface area contributed by atoms with Gasteiger partial charge in [-0.2, -0.15) is 0 Å². The van der Waals surface area contributed by atoms with Gasteiger partial charge in [-0.15, -0.1) is 0 Å². The molecule has 1 fully saturated rings. The van der Waals surface area contributed by atoms with Gasteiger partial charge >= 0.3 is 0 Å². The minimum atomic E-state index is 0.688. The van der Waals surface area contributed by atoms with Crippen molar-refractivity contribution < 1.29 is 0 Å². The third-order valence-corrected chi connectivity index (χ3v) is 3.95. The molecule has 0 N–H and O–H groups in total. The first kappa shape index (κ1) is 13.5. The van der Waals surface area contributed by atoms with E-state index in [0.29, 0.717) is 5.92 Å². The highest BCUT2D eigenvalue weighted by molar-refractivity contribution is 5.10. The van der Waals surface area contributed by atoms with Crippen LogP contribution in [-0.2, 0) is 0 Å². The Labute approximate surface area is 111 Å². The summed E-state index contributed by atoms with van der Waals surface area (Å²) in [6.07, 6.45) is 7.19. The molecule has 0 aliphatic carbocycles.